The van der Waals surface area contributed by atoms with Crippen LogP contribution in [0.2, 0.25) is 0 Å². The summed E-state index contributed by atoms with van der Waals surface area (Å²) in [6, 6.07) is 0.352. The summed E-state index contributed by atoms with van der Waals surface area (Å²) in [5, 5.41) is 0.479. The zero-order valence-corrected chi connectivity index (χ0v) is 9.80. The second-order valence-electron chi connectivity index (χ2n) is 3.89. The average Bonchev–Trinajstić information content (AvgIpc) is 2.51. The number of amides is 2. The van der Waals surface area contributed by atoms with Gasteiger partial charge in [0.15, 0.2) is 0 Å². The van der Waals surface area contributed by atoms with Gasteiger partial charge in [0, 0.05) is 18.9 Å². The molecule has 0 aromatic carbocycles. The molecule has 2 N–H and O–H groups in total. The topological polar surface area (TPSA) is 89.7 Å². The summed E-state index contributed by atoms with van der Waals surface area (Å²) in [6.07, 6.45) is 0.263. The third kappa shape index (κ3) is 4.88. The summed E-state index contributed by atoms with van der Waals surface area (Å²) in [5.41, 5.74) is 5.44. The fraction of sp³-hybridized carbons (Fsp3) is 0.700. The third-order valence-corrected chi connectivity index (χ3v) is 2.21. The number of nitrogens with zero attached hydrogens (tertiary/aromatic N) is 1. The smallest absolute Gasteiger partial charge is 0.321 e. The van der Waals surface area contributed by atoms with Crippen LogP contribution in [0.3, 0.4) is 0 Å². The second kappa shape index (κ2) is 6.95. The minimum absolute atomic E-state index is 0.0567. The van der Waals surface area contributed by atoms with Crippen LogP contribution >= 0.6 is 0 Å². The molecule has 0 bridgehead atoms. The van der Waals surface area contributed by atoms with Crippen molar-refractivity contribution in [3.8, 4) is 0 Å². The van der Waals surface area contributed by atoms with Crippen molar-refractivity contribution in [3.63, 3.8) is 0 Å². The van der Waals surface area contributed by atoms with Crippen LogP contribution < -0.4 is 5.73 Å². The first-order valence-electron chi connectivity index (χ1n) is 5.12. The molecular weight excluding hydrogens is 212 g/mol. The lowest BCUT2D eigenvalue weighted by Crippen LogP contribution is -2.28. The van der Waals surface area contributed by atoms with Gasteiger partial charge in [-0.05, 0) is 12.8 Å². The van der Waals surface area contributed by atoms with Gasteiger partial charge in [-0.25, -0.2) is 0 Å². The Morgan fingerprint density at radius 2 is 1.62 bits per heavy atom. The van der Waals surface area contributed by atoms with Crippen LogP contribution in [0.4, 0.5) is 0 Å². The molecular formula is C10H18N2O4. The predicted molar refractivity (Wildman–Crippen MR) is 56.7 cm³/mol. The van der Waals surface area contributed by atoms with Gasteiger partial charge in [0.2, 0.25) is 0 Å². The highest BCUT2D eigenvalue weighted by Crippen LogP contribution is 2.10. The van der Waals surface area contributed by atoms with Crippen molar-refractivity contribution in [1.29, 1.82) is 0 Å². The summed E-state index contributed by atoms with van der Waals surface area (Å²) >= 11 is 0. The lowest BCUT2D eigenvalue weighted by molar-refractivity contribution is -0.188. The molecule has 0 saturated carbocycles. The zero-order valence-electron chi connectivity index (χ0n) is 9.80. The normalized spacial score (nSPS) is 16.9. The Hall–Kier alpha value is -1.43. The van der Waals surface area contributed by atoms with Gasteiger partial charge in [0.05, 0.1) is 0 Å². The maximum atomic E-state index is 10.6. The lowest BCUT2D eigenvalue weighted by atomic mass is 10.1. The quantitative estimate of drug-likeness (QED) is 0.553. The van der Waals surface area contributed by atoms with Crippen molar-refractivity contribution in [2.45, 2.75) is 39.7 Å². The monoisotopic (exact) mass is 230 g/mol. The highest BCUT2D eigenvalue weighted by atomic mass is 16.7. The van der Waals surface area contributed by atoms with Gasteiger partial charge in [0.1, 0.15) is 0 Å². The Balaban J connectivity index is 0.000000325. The molecule has 1 fully saturated rings. The summed E-state index contributed by atoms with van der Waals surface area (Å²) in [7, 11) is 0. The van der Waals surface area contributed by atoms with E-state index in [0.717, 1.165) is 0 Å². The molecule has 92 valence electrons. The number of nitrogens with two attached hydrogens (primary N) is 1. The molecule has 6 nitrogen and oxygen atoms in total. The molecule has 0 radical (unpaired) electrons. The lowest BCUT2D eigenvalue weighted by Gasteiger charge is -2.06. The van der Waals surface area contributed by atoms with E-state index in [1.54, 1.807) is 0 Å². The van der Waals surface area contributed by atoms with E-state index < -0.39 is 11.8 Å². The van der Waals surface area contributed by atoms with Crippen molar-refractivity contribution in [2.24, 2.45) is 11.7 Å². The summed E-state index contributed by atoms with van der Waals surface area (Å²) < 4.78 is 0. The number of imide groups is 1. The van der Waals surface area contributed by atoms with E-state index in [0.29, 0.717) is 17.0 Å². The number of rotatable bonds is 3. The first kappa shape index (κ1) is 14.6. The SMILES string of the molecule is CC(C)C(C)N.O=CON1C(=O)CCC1=O. The zero-order chi connectivity index (χ0) is 12.7. The van der Waals surface area contributed by atoms with E-state index >= 15 is 0 Å². The molecule has 1 atom stereocenters. The summed E-state index contributed by atoms with van der Waals surface area (Å²) in [6.45, 7) is 6.31. The summed E-state index contributed by atoms with van der Waals surface area (Å²) in [5.74, 6) is -0.292. The first-order chi connectivity index (χ1) is 7.40. The van der Waals surface area contributed by atoms with Gasteiger partial charge >= 0.3 is 6.47 Å². The number of carbonyl (C=O) groups is 3. The molecule has 0 aromatic rings. The summed E-state index contributed by atoms with van der Waals surface area (Å²) in [4.78, 5) is 35.0. The van der Waals surface area contributed by atoms with Gasteiger partial charge in [-0.15, -0.1) is 5.06 Å². The van der Waals surface area contributed by atoms with Crippen LogP contribution in [0, 0.1) is 5.92 Å². The molecule has 16 heavy (non-hydrogen) atoms. The molecule has 1 aliphatic heterocycles. The standard InChI is InChI=1S/C5H5NO4.C5H13N/c7-3-10-6-4(8)1-2-5(6)9;1-4(2)5(3)6/h3H,1-2H2;4-5H,6H2,1-3H3. The van der Waals surface area contributed by atoms with Crippen LogP contribution in [0.5, 0.6) is 0 Å². The molecule has 1 unspecified atom stereocenters. The van der Waals surface area contributed by atoms with Crippen molar-refractivity contribution in [2.75, 3.05) is 0 Å². The number of hydroxylamine groups is 2. The van der Waals surface area contributed by atoms with Gasteiger partial charge in [-0.2, -0.15) is 0 Å². The van der Waals surface area contributed by atoms with E-state index in [4.69, 9.17) is 5.73 Å². The highest BCUT2D eigenvalue weighted by molar-refractivity contribution is 6.01. The molecule has 1 aliphatic rings. The molecule has 6 heteroatoms. The van der Waals surface area contributed by atoms with E-state index in [2.05, 4.69) is 18.7 Å². The molecule has 0 spiro atoms. The van der Waals surface area contributed by atoms with E-state index in [9.17, 15) is 14.4 Å². The van der Waals surface area contributed by atoms with Crippen LogP contribution in [0.25, 0.3) is 0 Å². The Kier molecular flexibility index (Phi) is 6.32. The Labute approximate surface area is 94.7 Å². The number of hydrogen-bond acceptors (Lipinski definition) is 5. The fourth-order valence-electron chi connectivity index (χ4n) is 0.717. The van der Waals surface area contributed by atoms with Gasteiger partial charge in [-0.3, -0.25) is 14.4 Å². The largest absolute Gasteiger partial charge is 0.334 e. The maximum absolute atomic E-state index is 10.6. The third-order valence-electron chi connectivity index (χ3n) is 2.21. The highest BCUT2D eigenvalue weighted by Gasteiger charge is 2.30. The van der Waals surface area contributed by atoms with Crippen LogP contribution in [0.1, 0.15) is 33.6 Å². The molecule has 0 aromatic heterocycles. The van der Waals surface area contributed by atoms with Gasteiger partial charge < -0.3 is 10.6 Å². The van der Waals surface area contributed by atoms with Crippen LogP contribution in [0.15, 0.2) is 0 Å². The Morgan fingerprint density at radius 1 is 1.25 bits per heavy atom. The number of hydrogen-bond donors (Lipinski definition) is 1. The van der Waals surface area contributed by atoms with Crippen LogP contribution in [-0.4, -0.2) is 29.4 Å². The van der Waals surface area contributed by atoms with Crippen LogP contribution in [-0.2, 0) is 19.2 Å². The molecule has 1 saturated heterocycles. The molecule has 2 amide bonds. The average molecular weight is 230 g/mol. The Morgan fingerprint density at radius 3 is 1.88 bits per heavy atom. The molecule has 0 aliphatic carbocycles. The molecule has 1 heterocycles. The van der Waals surface area contributed by atoms with Crippen molar-refractivity contribution < 1.29 is 19.2 Å². The predicted octanol–water partition coefficient (Wildman–Crippen LogP) is 0.213. The van der Waals surface area contributed by atoms with Gasteiger partial charge in [-0.1, -0.05) is 13.8 Å². The van der Waals surface area contributed by atoms with Gasteiger partial charge in [0.25, 0.3) is 11.8 Å². The fourth-order valence-corrected chi connectivity index (χ4v) is 0.717. The maximum Gasteiger partial charge on any atom is 0.321 e. The van der Waals surface area contributed by atoms with Crippen molar-refractivity contribution >= 4 is 18.3 Å². The van der Waals surface area contributed by atoms with E-state index in [1.165, 1.54) is 0 Å². The van der Waals surface area contributed by atoms with Crippen molar-refractivity contribution in [1.82, 2.24) is 5.06 Å². The number of carbonyl (C=O) groups excluding carboxylic acids is 3. The minimum atomic E-state index is -0.461. The minimum Gasteiger partial charge on any atom is -0.334 e. The first-order valence-corrected chi connectivity index (χ1v) is 5.12. The van der Waals surface area contributed by atoms with E-state index in [1.807, 2.05) is 6.92 Å². The Bertz CT molecular complexity index is 242. The molecule has 1 rings (SSSR count). The van der Waals surface area contributed by atoms with E-state index in [-0.39, 0.29) is 19.3 Å². The van der Waals surface area contributed by atoms with Crippen molar-refractivity contribution in [3.05, 3.63) is 0 Å². The second-order valence-corrected chi connectivity index (χ2v) is 3.89.